The van der Waals surface area contributed by atoms with Crippen LogP contribution in [0.15, 0.2) is 223 Å². The molecule has 0 bridgehead atoms. The second-order valence-corrected chi connectivity index (χ2v) is 16.1. The maximum absolute atomic E-state index is 6.70. The molecule has 63 heavy (non-hydrogen) atoms. The van der Waals surface area contributed by atoms with Crippen molar-refractivity contribution in [2.45, 2.75) is 0 Å². The van der Waals surface area contributed by atoms with Crippen molar-refractivity contribution >= 4 is 65.6 Å². The highest BCUT2D eigenvalue weighted by Gasteiger charge is 2.24. The highest BCUT2D eigenvalue weighted by molar-refractivity contribution is 6.31. The highest BCUT2D eigenvalue weighted by atomic mass is 16.3. The molecule has 0 aliphatic heterocycles. The molecule has 0 unspecified atom stereocenters. The van der Waals surface area contributed by atoms with Gasteiger partial charge in [0, 0.05) is 55.0 Å². The zero-order valence-corrected chi connectivity index (χ0v) is 34.0. The summed E-state index contributed by atoms with van der Waals surface area (Å²) in [7, 11) is 0. The number of hydrogen-bond acceptors (Lipinski definition) is 3. The minimum atomic E-state index is 0.694. The molecule has 0 fully saturated rings. The lowest BCUT2D eigenvalue weighted by Gasteiger charge is -2.12. The summed E-state index contributed by atoms with van der Waals surface area (Å²) in [6.07, 6.45) is 0. The lowest BCUT2D eigenvalue weighted by atomic mass is 10.0. The molecule has 4 heterocycles. The van der Waals surface area contributed by atoms with Crippen molar-refractivity contribution in [1.29, 1.82) is 0 Å². The molecule has 0 atom stereocenters. The molecule has 5 nitrogen and oxygen atoms in total. The summed E-state index contributed by atoms with van der Waals surface area (Å²) in [5.74, 6) is 0.694. The van der Waals surface area contributed by atoms with Gasteiger partial charge < -0.3 is 13.6 Å². The quantitative estimate of drug-likeness (QED) is 0.168. The van der Waals surface area contributed by atoms with Crippen molar-refractivity contribution in [3.63, 3.8) is 0 Å². The van der Waals surface area contributed by atoms with Crippen molar-refractivity contribution in [2.75, 3.05) is 0 Å². The number of rotatable bonds is 6. The standard InChI is InChI=1S/C58H36N4O/c1-4-15-38(16-5-1)48-36-49(39-17-6-2-7-18-39)60-58(59-48)41-20-14-19-40(35-41)37-27-29-43(30-28-37)61-50-25-12-10-24-46(50)54-51(61)34-32-47-55-52(62(56(47)54)42-21-8-3-9-22-42)33-31-45-44-23-11-13-26-53(44)63-57(45)55/h1-36H. The minimum Gasteiger partial charge on any atom is -0.455 e. The van der Waals surface area contributed by atoms with Gasteiger partial charge in [-0.05, 0) is 83.9 Å². The number of hydrogen-bond donors (Lipinski definition) is 0. The number of fused-ring (bicyclic) bond motifs is 11. The summed E-state index contributed by atoms with van der Waals surface area (Å²) in [5, 5.41) is 6.95. The number of nitrogens with zero attached hydrogens (tertiary/aromatic N) is 4. The van der Waals surface area contributed by atoms with E-state index in [1.807, 2.05) is 42.5 Å². The minimum absolute atomic E-state index is 0.694. The van der Waals surface area contributed by atoms with Gasteiger partial charge in [-0.1, -0.05) is 146 Å². The maximum atomic E-state index is 6.70. The van der Waals surface area contributed by atoms with Crippen LogP contribution in [0.4, 0.5) is 0 Å². The van der Waals surface area contributed by atoms with Gasteiger partial charge in [0.05, 0.1) is 38.8 Å². The summed E-state index contributed by atoms with van der Waals surface area (Å²) >= 11 is 0. The maximum Gasteiger partial charge on any atom is 0.160 e. The van der Waals surface area contributed by atoms with E-state index in [4.69, 9.17) is 14.4 Å². The fraction of sp³-hybridized carbons (Fsp3) is 0. The molecule has 13 aromatic rings. The molecule has 13 rings (SSSR count). The van der Waals surface area contributed by atoms with Gasteiger partial charge in [-0.15, -0.1) is 0 Å². The van der Waals surface area contributed by atoms with Gasteiger partial charge in [-0.25, -0.2) is 9.97 Å². The van der Waals surface area contributed by atoms with Crippen LogP contribution >= 0.6 is 0 Å². The fourth-order valence-electron chi connectivity index (χ4n) is 9.68. The van der Waals surface area contributed by atoms with E-state index in [-0.39, 0.29) is 0 Å². The van der Waals surface area contributed by atoms with E-state index in [1.54, 1.807) is 0 Å². The second kappa shape index (κ2) is 14.0. The van der Waals surface area contributed by atoms with E-state index < -0.39 is 0 Å². The first-order valence-electron chi connectivity index (χ1n) is 21.3. The normalized spacial score (nSPS) is 11.8. The first-order valence-corrected chi connectivity index (χ1v) is 21.3. The average molecular weight is 805 g/mol. The van der Waals surface area contributed by atoms with Crippen molar-refractivity contribution < 1.29 is 4.42 Å². The first-order chi connectivity index (χ1) is 31.2. The Morgan fingerprint density at radius 3 is 1.63 bits per heavy atom. The molecule has 0 spiro atoms. The summed E-state index contributed by atoms with van der Waals surface area (Å²) in [6.45, 7) is 0. The van der Waals surface area contributed by atoms with Crippen molar-refractivity contribution in [2.24, 2.45) is 0 Å². The summed E-state index contributed by atoms with van der Waals surface area (Å²) in [6, 6.07) is 77.1. The molecule has 5 heteroatoms. The van der Waals surface area contributed by atoms with Gasteiger partial charge in [-0.2, -0.15) is 0 Å². The SMILES string of the molecule is c1ccc(-c2cc(-c3ccccc3)nc(-c3cccc(-c4ccc(-n5c6ccccc6c6c5ccc5c7c8oc9ccccc9c8ccc7n(-c7ccccc7)c56)cc4)c3)n2)cc1. The smallest absolute Gasteiger partial charge is 0.160 e. The first kappa shape index (κ1) is 35.2. The van der Waals surface area contributed by atoms with Gasteiger partial charge in [0.1, 0.15) is 11.2 Å². The molecule has 0 aliphatic carbocycles. The van der Waals surface area contributed by atoms with Crippen LogP contribution in [0.3, 0.4) is 0 Å². The van der Waals surface area contributed by atoms with Crippen molar-refractivity contribution in [3.8, 4) is 56.4 Å². The van der Waals surface area contributed by atoms with E-state index in [1.165, 1.54) is 21.7 Å². The van der Waals surface area contributed by atoms with E-state index in [0.717, 1.165) is 94.5 Å². The zero-order valence-electron chi connectivity index (χ0n) is 34.0. The Morgan fingerprint density at radius 2 is 0.905 bits per heavy atom. The molecular weight excluding hydrogens is 769 g/mol. The molecule has 0 saturated carbocycles. The lowest BCUT2D eigenvalue weighted by molar-refractivity contribution is 0.673. The number of para-hydroxylation sites is 3. The third-order valence-electron chi connectivity index (χ3n) is 12.5. The van der Waals surface area contributed by atoms with Gasteiger partial charge in [0.2, 0.25) is 0 Å². The van der Waals surface area contributed by atoms with Gasteiger partial charge >= 0.3 is 0 Å². The Hall–Kier alpha value is -8.54. The number of benzene rings is 9. The Morgan fingerprint density at radius 1 is 0.333 bits per heavy atom. The molecule has 0 aliphatic rings. The van der Waals surface area contributed by atoms with Gasteiger partial charge in [0.25, 0.3) is 0 Å². The van der Waals surface area contributed by atoms with E-state index in [0.29, 0.717) is 5.82 Å². The Bertz CT molecular complexity index is 3820. The van der Waals surface area contributed by atoms with Crippen molar-refractivity contribution in [3.05, 3.63) is 218 Å². The van der Waals surface area contributed by atoms with Crippen LogP contribution in [0.25, 0.3) is 122 Å². The van der Waals surface area contributed by atoms with E-state index in [9.17, 15) is 0 Å². The predicted molar refractivity (Wildman–Crippen MR) is 260 cm³/mol. The van der Waals surface area contributed by atoms with E-state index in [2.05, 4.69) is 185 Å². The molecule has 9 aromatic carbocycles. The van der Waals surface area contributed by atoms with Gasteiger partial charge in [-0.3, -0.25) is 0 Å². The molecule has 0 radical (unpaired) electrons. The van der Waals surface area contributed by atoms with Gasteiger partial charge in [0.15, 0.2) is 5.82 Å². The van der Waals surface area contributed by atoms with Crippen LogP contribution in [0.1, 0.15) is 0 Å². The topological polar surface area (TPSA) is 48.8 Å². The third kappa shape index (κ3) is 5.57. The highest BCUT2D eigenvalue weighted by Crippen LogP contribution is 2.45. The molecule has 0 N–H and O–H groups in total. The van der Waals surface area contributed by atoms with Crippen LogP contribution in [-0.4, -0.2) is 19.1 Å². The summed E-state index contributed by atoms with van der Waals surface area (Å²) in [5.41, 5.74) is 15.7. The van der Waals surface area contributed by atoms with Crippen molar-refractivity contribution in [1.82, 2.24) is 19.1 Å². The summed E-state index contributed by atoms with van der Waals surface area (Å²) < 4.78 is 11.5. The fourth-order valence-corrected chi connectivity index (χ4v) is 9.68. The lowest BCUT2D eigenvalue weighted by Crippen LogP contribution is -1.96. The predicted octanol–water partition coefficient (Wildman–Crippen LogP) is 15.2. The van der Waals surface area contributed by atoms with Crippen LogP contribution in [-0.2, 0) is 0 Å². The van der Waals surface area contributed by atoms with Crippen LogP contribution < -0.4 is 0 Å². The third-order valence-corrected chi connectivity index (χ3v) is 12.5. The van der Waals surface area contributed by atoms with Crippen LogP contribution in [0.2, 0.25) is 0 Å². The summed E-state index contributed by atoms with van der Waals surface area (Å²) in [4.78, 5) is 10.2. The second-order valence-electron chi connectivity index (χ2n) is 16.1. The molecule has 294 valence electrons. The molecule has 4 aromatic heterocycles. The largest absolute Gasteiger partial charge is 0.455 e. The Labute approximate surface area is 362 Å². The number of furan rings is 1. The van der Waals surface area contributed by atoms with E-state index >= 15 is 0 Å². The molecule has 0 amide bonds. The van der Waals surface area contributed by atoms with Crippen LogP contribution in [0.5, 0.6) is 0 Å². The molecule has 0 saturated heterocycles. The molecular formula is C58H36N4O. The number of aromatic nitrogens is 4. The average Bonchev–Trinajstić information content (AvgIpc) is 4.02. The monoisotopic (exact) mass is 804 g/mol. The zero-order chi connectivity index (χ0) is 41.4. The Kier molecular flexibility index (Phi) is 7.84. The Balaban J connectivity index is 0.967. The van der Waals surface area contributed by atoms with Crippen LogP contribution in [0, 0.1) is 0 Å².